The van der Waals surface area contributed by atoms with Crippen LogP contribution in [-0.4, -0.2) is 9.38 Å². The molecule has 0 aliphatic rings. The molecule has 0 spiro atoms. The van der Waals surface area contributed by atoms with E-state index in [9.17, 15) is 4.79 Å². The minimum Gasteiger partial charge on any atom is -0.287 e. The number of aromatic nitrogens is 1. The van der Waals surface area contributed by atoms with Crippen LogP contribution in [0, 0.1) is 0 Å². The molecule has 70 valence electrons. The van der Waals surface area contributed by atoms with E-state index in [0.29, 0.717) is 11.3 Å². The van der Waals surface area contributed by atoms with E-state index in [1.54, 1.807) is 15.9 Å². The van der Waals surface area contributed by atoms with Crippen molar-refractivity contribution in [1.29, 1.82) is 0 Å². The molecule has 2 rings (SSSR count). The zero-order valence-electron chi connectivity index (χ0n) is 7.35. The highest BCUT2D eigenvalue weighted by Crippen LogP contribution is 2.12. The van der Waals surface area contributed by atoms with Crippen molar-refractivity contribution in [2.24, 2.45) is 0 Å². The second-order valence-electron chi connectivity index (χ2n) is 2.90. The molecule has 1 aromatic carbocycles. The lowest BCUT2D eigenvalue weighted by Crippen LogP contribution is -2.03. The molecule has 1 heterocycles. The topological polar surface area (TPSA) is 22.0 Å². The summed E-state index contributed by atoms with van der Waals surface area (Å²) in [4.78, 5) is 11.9. The highest BCUT2D eigenvalue weighted by atomic mass is 79.9. The van der Waals surface area contributed by atoms with E-state index in [-0.39, 0.29) is 5.78 Å². The van der Waals surface area contributed by atoms with Crippen LogP contribution in [0.2, 0.25) is 0 Å². The molecule has 0 N–H and O–H groups in total. The first kappa shape index (κ1) is 9.21. The van der Waals surface area contributed by atoms with Gasteiger partial charge in [0.15, 0.2) is 0 Å². The van der Waals surface area contributed by atoms with Gasteiger partial charge >= 0.3 is 0 Å². The number of ketones is 1. The molecule has 2 aromatic rings. The van der Waals surface area contributed by atoms with Gasteiger partial charge in [0, 0.05) is 11.8 Å². The van der Waals surface area contributed by atoms with Gasteiger partial charge < -0.3 is 0 Å². The number of rotatable bonds is 2. The lowest BCUT2D eigenvalue weighted by atomic mass is 10.1. The minimum absolute atomic E-state index is 0.0208. The number of hydrogen-bond acceptors (Lipinski definition) is 1. The summed E-state index contributed by atoms with van der Waals surface area (Å²) in [6, 6.07) is 12.8. The Morgan fingerprint density at radius 1 is 1.07 bits per heavy atom. The Morgan fingerprint density at radius 2 is 1.79 bits per heavy atom. The summed E-state index contributed by atoms with van der Waals surface area (Å²) in [5.74, 6) is 0.0208. The summed E-state index contributed by atoms with van der Waals surface area (Å²) in [6.07, 6.45) is 1.79. The third-order valence-electron chi connectivity index (χ3n) is 1.97. The van der Waals surface area contributed by atoms with Crippen molar-refractivity contribution in [1.82, 2.24) is 3.59 Å². The van der Waals surface area contributed by atoms with Crippen molar-refractivity contribution in [2.75, 3.05) is 0 Å². The molecule has 0 fully saturated rings. The second kappa shape index (κ2) is 3.80. The summed E-state index contributed by atoms with van der Waals surface area (Å²) >= 11 is 3.26. The zero-order valence-corrected chi connectivity index (χ0v) is 8.94. The van der Waals surface area contributed by atoms with E-state index in [1.165, 1.54) is 0 Å². The summed E-state index contributed by atoms with van der Waals surface area (Å²) in [7, 11) is 0. The molecule has 0 radical (unpaired) electrons. The molecule has 0 atom stereocenters. The van der Waals surface area contributed by atoms with Gasteiger partial charge in [-0.3, -0.25) is 8.39 Å². The highest BCUT2D eigenvalue weighted by Gasteiger charge is 2.11. The fourth-order valence-corrected chi connectivity index (χ4v) is 1.69. The monoisotopic (exact) mass is 249 g/mol. The number of nitrogens with zero attached hydrogens (tertiary/aromatic N) is 1. The number of carbonyl (C=O) groups excluding carboxylic acids is 1. The van der Waals surface area contributed by atoms with Crippen LogP contribution >= 0.6 is 16.1 Å². The average molecular weight is 250 g/mol. The smallest absolute Gasteiger partial charge is 0.210 e. The Bertz CT molecular complexity index is 447. The fourth-order valence-electron chi connectivity index (χ4n) is 1.27. The molecule has 14 heavy (non-hydrogen) atoms. The molecule has 0 aliphatic carbocycles. The molecule has 0 saturated heterocycles. The first-order valence-corrected chi connectivity index (χ1v) is 4.93. The largest absolute Gasteiger partial charge is 0.287 e. The van der Waals surface area contributed by atoms with Crippen molar-refractivity contribution in [3.63, 3.8) is 0 Å². The minimum atomic E-state index is 0.0208. The summed E-state index contributed by atoms with van der Waals surface area (Å²) < 4.78 is 1.64. The molecule has 0 aliphatic heterocycles. The van der Waals surface area contributed by atoms with E-state index < -0.39 is 0 Å². The highest BCUT2D eigenvalue weighted by molar-refractivity contribution is 9.08. The van der Waals surface area contributed by atoms with Crippen molar-refractivity contribution in [3.05, 3.63) is 59.9 Å². The number of halogens is 1. The van der Waals surface area contributed by atoms with Gasteiger partial charge in [0.1, 0.15) is 0 Å². The molecule has 0 saturated carbocycles. The molecule has 1 aromatic heterocycles. The van der Waals surface area contributed by atoms with Crippen molar-refractivity contribution >= 4 is 21.9 Å². The standard InChI is InChI=1S/C11H8BrNO/c12-13-8-4-7-10(13)11(14)9-5-2-1-3-6-9/h1-8H. The van der Waals surface area contributed by atoms with Gasteiger partial charge in [-0.2, -0.15) is 0 Å². The quantitative estimate of drug-likeness (QED) is 0.751. The van der Waals surface area contributed by atoms with E-state index in [1.807, 2.05) is 36.4 Å². The van der Waals surface area contributed by atoms with Crippen LogP contribution in [0.15, 0.2) is 48.7 Å². The van der Waals surface area contributed by atoms with Crippen LogP contribution in [0.25, 0.3) is 0 Å². The van der Waals surface area contributed by atoms with E-state index in [4.69, 9.17) is 0 Å². The van der Waals surface area contributed by atoms with Gasteiger partial charge in [-0.1, -0.05) is 30.3 Å². The molecular weight excluding hydrogens is 242 g/mol. The Balaban J connectivity index is 2.39. The molecule has 3 heteroatoms. The van der Waals surface area contributed by atoms with Crippen LogP contribution in [0.4, 0.5) is 0 Å². The molecule has 0 bridgehead atoms. The molecule has 2 nitrogen and oxygen atoms in total. The van der Waals surface area contributed by atoms with Gasteiger partial charge in [0.2, 0.25) is 5.78 Å². The maximum absolute atomic E-state index is 11.9. The lowest BCUT2D eigenvalue weighted by Gasteiger charge is -2.00. The van der Waals surface area contributed by atoms with Gasteiger partial charge in [0.05, 0.1) is 21.8 Å². The van der Waals surface area contributed by atoms with Crippen LogP contribution < -0.4 is 0 Å². The lowest BCUT2D eigenvalue weighted by molar-refractivity contribution is 0.103. The van der Waals surface area contributed by atoms with Crippen LogP contribution in [0.5, 0.6) is 0 Å². The third kappa shape index (κ3) is 1.63. The van der Waals surface area contributed by atoms with Crippen LogP contribution in [0.1, 0.15) is 16.1 Å². The first-order chi connectivity index (χ1) is 6.79. The predicted octanol–water partition coefficient (Wildman–Crippen LogP) is 2.88. The number of carbonyl (C=O) groups is 1. The number of hydrogen-bond donors (Lipinski definition) is 0. The summed E-state index contributed by atoms with van der Waals surface area (Å²) in [5, 5.41) is 0. The van der Waals surface area contributed by atoms with E-state index in [0.717, 1.165) is 0 Å². The Hall–Kier alpha value is -1.35. The second-order valence-corrected chi connectivity index (χ2v) is 3.66. The Kier molecular flexibility index (Phi) is 2.50. The molecule has 0 amide bonds. The predicted molar refractivity (Wildman–Crippen MR) is 58.6 cm³/mol. The zero-order chi connectivity index (χ0) is 9.97. The molecular formula is C11H8BrNO. The SMILES string of the molecule is O=C(c1ccccc1)c1cccn1Br. The van der Waals surface area contributed by atoms with Crippen molar-refractivity contribution < 1.29 is 4.79 Å². The van der Waals surface area contributed by atoms with Crippen LogP contribution in [-0.2, 0) is 0 Å². The fraction of sp³-hybridized carbons (Fsp3) is 0. The maximum Gasteiger partial charge on any atom is 0.210 e. The Labute approximate surface area is 90.5 Å². The van der Waals surface area contributed by atoms with Gasteiger partial charge in [-0.25, -0.2) is 0 Å². The number of benzene rings is 1. The van der Waals surface area contributed by atoms with Crippen molar-refractivity contribution in [2.45, 2.75) is 0 Å². The van der Waals surface area contributed by atoms with Crippen molar-refractivity contribution in [3.8, 4) is 0 Å². The Morgan fingerprint density at radius 3 is 2.36 bits per heavy atom. The molecule has 0 unspecified atom stereocenters. The summed E-state index contributed by atoms with van der Waals surface area (Å²) in [5.41, 5.74) is 1.34. The van der Waals surface area contributed by atoms with E-state index >= 15 is 0 Å². The van der Waals surface area contributed by atoms with Gasteiger partial charge in [0.25, 0.3) is 0 Å². The normalized spacial score (nSPS) is 10.1. The van der Waals surface area contributed by atoms with Crippen LogP contribution in [0.3, 0.4) is 0 Å². The first-order valence-electron chi connectivity index (χ1n) is 4.22. The van der Waals surface area contributed by atoms with Gasteiger partial charge in [-0.05, 0) is 12.1 Å². The summed E-state index contributed by atoms with van der Waals surface area (Å²) in [6.45, 7) is 0. The van der Waals surface area contributed by atoms with E-state index in [2.05, 4.69) is 16.1 Å². The van der Waals surface area contributed by atoms with Gasteiger partial charge in [-0.15, -0.1) is 0 Å². The maximum atomic E-state index is 11.9. The third-order valence-corrected chi connectivity index (χ3v) is 2.59. The average Bonchev–Trinajstić information content (AvgIpc) is 2.65.